The van der Waals surface area contributed by atoms with E-state index in [1.807, 2.05) is 0 Å². The van der Waals surface area contributed by atoms with Gasteiger partial charge in [0, 0.05) is 7.05 Å². The summed E-state index contributed by atoms with van der Waals surface area (Å²) in [7, 11) is 2.69. The lowest BCUT2D eigenvalue weighted by Gasteiger charge is -2.14. The minimum absolute atomic E-state index is 0.141. The Bertz CT molecular complexity index is 301. The van der Waals surface area contributed by atoms with Crippen molar-refractivity contribution >= 4 is 17.8 Å². The number of likely N-dealkylation sites (N-methyl/N-ethyl adjacent to an activating group) is 1. The maximum atomic E-state index is 11.5. The van der Waals surface area contributed by atoms with Crippen LogP contribution in [0.3, 0.4) is 0 Å². The third kappa shape index (κ3) is 2.68. The van der Waals surface area contributed by atoms with Crippen LogP contribution in [-0.2, 0) is 19.1 Å². The van der Waals surface area contributed by atoms with Crippen LogP contribution in [-0.4, -0.2) is 48.6 Å². The predicted molar refractivity (Wildman–Crippen MR) is 48.9 cm³/mol. The monoisotopic (exact) mass is 215 g/mol. The summed E-state index contributed by atoms with van der Waals surface area (Å²) in [5.74, 6) is -2.85. The van der Waals surface area contributed by atoms with Crippen molar-refractivity contribution in [1.29, 1.82) is 0 Å². The normalized spacial score (nSPS) is 23.1. The first kappa shape index (κ1) is 11.5. The van der Waals surface area contributed by atoms with Gasteiger partial charge in [0.25, 0.3) is 0 Å². The van der Waals surface area contributed by atoms with Crippen LogP contribution in [0.5, 0.6) is 0 Å². The second kappa shape index (κ2) is 4.29. The highest BCUT2D eigenvalue weighted by Crippen LogP contribution is 2.39. The highest BCUT2D eigenvalue weighted by molar-refractivity contribution is 5.91. The van der Waals surface area contributed by atoms with E-state index in [1.54, 1.807) is 0 Å². The van der Waals surface area contributed by atoms with Gasteiger partial charge in [-0.25, -0.2) is 0 Å². The van der Waals surface area contributed by atoms with Crippen molar-refractivity contribution in [1.82, 2.24) is 4.90 Å². The van der Waals surface area contributed by atoms with Crippen LogP contribution in [0.15, 0.2) is 0 Å². The molecule has 0 radical (unpaired) electrons. The molecule has 15 heavy (non-hydrogen) atoms. The first-order chi connectivity index (χ1) is 6.97. The SMILES string of the molecule is COC(=O)CN(C)C(=O)C1CC1C(=O)O. The Kier molecular flexibility index (Phi) is 3.28. The van der Waals surface area contributed by atoms with Gasteiger partial charge in [0.2, 0.25) is 5.91 Å². The molecule has 1 saturated carbocycles. The second-order valence-corrected chi connectivity index (χ2v) is 3.56. The summed E-state index contributed by atoms with van der Waals surface area (Å²) in [5.41, 5.74) is 0. The van der Waals surface area contributed by atoms with Gasteiger partial charge in [-0.05, 0) is 6.42 Å². The van der Waals surface area contributed by atoms with Crippen LogP contribution in [0.1, 0.15) is 6.42 Å². The van der Waals surface area contributed by atoms with E-state index >= 15 is 0 Å². The van der Waals surface area contributed by atoms with E-state index in [4.69, 9.17) is 5.11 Å². The topological polar surface area (TPSA) is 83.9 Å². The van der Waals surface area contributed by atoms with Crippen molar-refractivity contribution in [3.05, 3.63) is 0 Å². The van der Waals surface area contributed by atoms with Crippen molar-refractivity contribution in [2.24, 2.45) is 11.8 Å². The second-order valence-electron chi connectivity index (χ2n) is 3.56. The number of rotatable bonds is 4. The summed E-state index contributed by atoms with van der Waals surface area (Å²) in [4.78, 5) is 34.1. The molecule has 1 aliphatic rings. The van der Waals surface area contributed by atoms with Crippen molar-refractivity contribution in [2.75, 3.05) is 20.7 Å². The smallest absolute Gasteiger partial charge is 0.325 e. The number of aliphatic carboxylic acids is 1. The Hall–Kier alpha value is -1.59. The summed E-state index contributed by atoms with van der Waals surface area (Å²) < 4.78 is 4.40. The maximum Gasteiger partial charge on any atom is 0.325 e. The fourth-order valence-corrected chi connectivity index (χ4v) is 1.36. The van der Waals surface area contributed by atoms with E-state index in [-0.39, 0.29) is 12.5 Å². The molecule has 0 aliphatic heterocycles. The standard InChI is InChI=1S/C9H13NO5/c1-10(4-7(11)15-2)8(12)5-3-6(5)9(13)14/h5-6H,3-4H2,1-2H3,(H,13,14). The third-order valence-corrected chi connectivity index (χ3v) is 2.39. The average Bonchev–Trinajstić information content (AvgIpc) is 2.95. The Balaban J connectivity index is 2.42. The van der Waals surface area contributed by atoms with Crippen LogP contribution in [0.4, 0.5) is 0 Å². The molecule has 0 aromatic carbocycles. The van der Waals surface area contributed by atoms with Crippen molar-refractivity contribution in [2.45, 2.75) is 6.42 Å². The van der Waals surface area contributed by atoms with Crippen molar-refractivity contribution in [3.8, 4) is 0 Å². The quantitative estimate of drug-likeness (QED) is 0.629. The van der Waals surface area contributed by atoms with Gasteiger partial charge in [0.05, 0.1) is 18.9 Å². The Morgan fingerprint density at radius 3 is 2.40 bits per heavy atom. The lowest BCUT2D eigenvalue weighted by molar-refractivity contribution is -0.147. The lowest BCUT2D eigenvalue weighted by atomic mass is 10.3. The molecular weight excluding hydrogens is 202 g/mol. The first-order valence-corrected chi connectivity index (χ1v) is 4.52. The van der Waals surface area contributed by atoms with Gasteiger partial charge >= 0.3 is 11.9 Å². The summed E-state index contributed by atoms with van der Waals surface area (Å²) in [5, 5.41) is 8.62. The van der Waals surface area contributed by atoms with Crippen LogP contribution < -0.4 is 0 Å². The van der Waals surface area contributed by atoms with Crippen LogP contribution in [0, 0.1) is 11.8 Å². The predicted octanol–water partition coefficient (Wildman–Crippen LogP) is -0.661. The minimum Gasteiger partial charge on any atom is -0.481 e. The number of carbonyl (C=O) groups is 3. The zero-order chi connectivity index (χ0) is 11.6. The molecule has 2 atom stereocenters. The molecule has 1 N–H and O–H groups in total. The molecule has 84 valence electrons. The van der Waals surface area contributed by atoms with E-state index in [0.717, 1.165) is 0 Å². The molecular formula is C9H13NO5. The summed E-state index contributed by atoms with van der Waals surface area (Å²) in [6.07, 6.45) is 0.361. The molecule has 0 saturated heterocycles. The van der Waals surface area contributed by atoms with Gasteiger partial charge in [-0.15, -0.1) is 0 Å². The number of carboxylic acids is 1. The highest BCUT2D eigenvalue weighted by Gasteiger charge is 2.49. The summed E-state index contributed by atoms with van der Waals surface area (Å²) >= 11 is 0. The van der Waals surface area contributed by atoms with Crippen molar-refractivity contribution in [3.63, 3.8) is 0 Å². The van der Waals surface area contributed by atoms with Crippen LogP contribution in [0.25, 0.3) is 0 Å². The Morgan fingerprint density at radius 1 is 1.40 bits per heavy atom. The van der Waals surface area contributed by atoms with E-state index in [2.05, 4.69) is 4.74 Å². The molecule has 6 heteroatoms. The largest absolute Gasteiger partial charge is 0.481 e. The van der Waals surface area contributed by atoms with Crippen molar-refractivity contribution < 1.29 is 24.2 Å². The number of ether oxygens (including phenoxy) is 1. The molecule has 1 rings (SSSR count). The fraction of sp³-hybridized carbons (Fsp3) is 0.667. The van der Waals surface area contributed by atoms with Gasteiger partial charge < -0.3 is 14.7 Å². The highest BCUT2D eigenvalue weighted by atomic mass is 16.5. The molecule has 1 amide bonds. The van der Waals surface area contributed by atoms with Crippen LogP contribution in [0.2, 0.25) is 0 Å². The molecule has 0 bridgehead atoms. The van der Waals surface area contributed by atoms with E-state index < -0.39 is 23.8 Å². The third-order valence-electron chi connectivity index (χ3n) is 2.39. The van der Waals surface area contributed by atoms with E-state index in [0.29, 0.717) is 6.42 Å². The molecule has 2 unspecified atom stereocenters. The van der Waals surface area contributed by atoms with Gasteiger partial charge in [0.15, 0.2) is 0 Å². The first-order valence-electron chi connectivity index (χ1n) is 4.52. The van der Waals surface area contributed by atoms with E-state index in [9.17, 15) is 14.4 Å². The molecule has 0 aromatic heterocycles. The molecule has 1 fully saturated rings. The Morgan fingerprint density at radius 2 is 2.00 bits per heavy atom. The summed E-state index contributed by atoms with van der Waals surface area (Å²) in [6.45, 7) is -0.141. The number of amides is 1. The molecule has 0 spiro atoms. The van der Waals surface area contributed by atoms with Gasteiger partial charge in [-0.1, -0.05) is 0 Å². The average molecular weight is 215 g/mol. The van der Waals surface area contributed by atoms with Gasteiger partial charge in [0.1, 0.15) is 6.54 Å². The molecule has 0 aromatic rings. The van der Waals surface area contributed by atoms with E-state index in [1.165, 1.54) is 19.1 Å². The summed E-state index contributed by atoms with van der Waals surface area (Å²) in [6, 6.07) is 0. The lowest BCUT2D eigenvalue weighted by Crippen LogP contribution is -2.34. The number of esters is 1. The number of hydrogen-bond donors (Lipinski definition) is 1. The van der Waals surface area contributed by atoms with Gasteiger partial charge in [-0.3, -0.25) is 14.4 Å². The number of carbonyl (C=O) groups excluding carboxylic acids is 2. The zero-order valence-electron chi connectivity index (χ0n) is 8.60. The number of nitrogens with zero attached hydrogens (tertiary/aromatic N) is 1. The molecule has 1 aliphatic carbocycles. The number of methoxy groups -OCH3 is 1. The maximum absolute atomic E-state index is 11.5. The Labute approximate surface area is 86.8 Å². The minimum atomic E-state index is -0.959. The molecule has 0 heterocycles. The zero-order valence-corrected chi connectivity index (χ0v) is 8.60. The number of hydrogen-bond acceptors (Lipinski definition) is 4. The van der Waals surface area contributed by atoms with Gasteiger partial charge in [-0.2, -0.15) is 0 Å². The number of carboxylic acid groups (broad SMARTS) is 1. The fourth-order valence-electron chi connectivity index (χ4n) is 1.36. The molecule has 6 nitrogen and oxygen atoms in total. The van der Waals surface area contributed by atoms with Crippen LogP contribution >= 0.6 is 0 Å².